The van der Waals surface area contributed by atoms with Crippen molar-refractivity contribution in [2.24, 2.45) is 0 Å². The van der Waals surface area contributed by atoms with Crippen LogP contribution in [-0.4, -0.2) is 9.97 Å². The Morgan fingerprint density at radius 2 is 1.82 bits per heavy atom. The number of thiazole rings is 1. The molecule has 2 rings (SSSR count). The predicted octanol–water partition coefficient (Wildman–Crippen LogP) is 4.72. The van der Waals surface area contributed by atoms with E-state index in [-0.39, 0.29) is 0 Å². The van der Waals surface area contributed by atoms with Gasteiger partial charge in [0.15, 0.2) is 0 Å². The largest absolute Gasteiger partial charge is 0.258 e. The Morgan fingerprint density at radius 1 is 1.12 bits per heavy atom. The summed E-state index contributed by atoms with van der Waals surface area (Å²) in [5.74, 6) is 1.06. The Morgan fingerprint density at radius 3 is 2.47 bits per heavy atom. The average molecular weight is 248 g/mol. The molecule has 0 N–H and O–H groups in total. The lowest BCUT2D eigenvalue weighted by Gasteiger charge is -2.13. The minimum Gasteiger partial charge on any atom is -0.258 e. The molecule has 0 bridgehead atoms. The molecule has 2 heterocycles. The van der Waals surface area contributed by atoms with Crippen LogP contribution in [0.1, 0.15) is 63.6 Å². The van der Waals surface area contributed by atoms with Crippen LogP contribution >= 0.6 is 11.3 Å². The number of aromatic nitrogens is 2. The maximum atomic E-state index is 4.66. The summed E-state index contributed by atoms with van der Waals surface area (Å²) in [4.78, 5) is 9.18. The molecule has 2 atom stereocenters. The van der Waals surface area contributed by atoms with E-state index in [1.54, 1.807) is 11.3 Å². The molecule has 0 saturated heterocycles. The molecule has 0 saturated carbocycles. The fourth-order valence-corrected chi connectivity index (χ4v) is 2.94. The molecule has 2 nitrogen and oxygen atoms in total. The van der Waals surface area contributed by atoms with E-state index >= 15 is 0 Å². The van der Waals surface area contributed by atoms with Gasteiger partial charge in [-0.1, -0.05) is 27.7 Å². The number of hydrogen-bond donors (Lipinski definition) is 0. The van der Waals surface area contributed by atoms with Crippen LogP contribution < -0.4 is 0 Å². The first-order valence-electron chi connectivity index (χ1n) is 6.40. The average Bonchev–Trinajstić information content (AvgIpc) is 2.84. The first-order chi connectivity index (χ1) is 8.19. The maximum Gasteiger partial charge on any atom is 0.103 e. The van der Waals surface area contributed by atoms with Gasteiger partial charge in [-0.15, -0.1) is 11.3 Å². The third-order valence-corrected chi connectivity index (χ3v) is 4.51. The molecule has 2 aromatic rings. The van der Waals surface area contributed by atoms with Gasteiger partial charge in [-0.2, -0.15) is 0 Å². The molecule has 0 amide bonds. The zero-order chi connectivity index (χ0) is 12.4. The van der Waals surface area contributed by atoms with Gasteiger partial charge in [0.1, 0.15) is 5.52 Å². The van der Waals surface area contributed by atoms with E-state index in [1.165, 1.54) is 10.3 Å². The van der Waals surface area contributed by atoms with Gasteiger partial charge >= 0.3 is 0 Å². The van der Waals surface area contributed by atoms with Crippen LogP contribution in [0.5, 0.6) is 0 Å². The molecule has 3 heteroatoms. The highest BCUT2D eigenvalue weighted by molar-refractivity contribution is 7.17. The van der Waals surface area contributed by atoms with E-state index in [4.69, 9.17) is 0 Å². The maximum absolute atomic E-state index is 4.66. The van der Waals surface area contributed by atoms with Gasteiger partial charge in [-0.25, -0.2) is 4.98 Å². The number of hydrogen-bond acceptors (Lipinski definition) is 3. The Hall–Kier alpha value is -0.960. The van der Waals surface area contributed by atoms with Crippen molar-refractivity contribution in [2.45, 2.75) is 52.4 Å². The summed E-state index contributed by atoms with van der Waals surface area (Å²) in [5.41, 5.74) is 5.60. The summed E-state index contributed by atoms with van der Waals surface area (Å²) in [5, 5.41) is 0. The van der Waals surface area contributed by atoms with Crippen LogP contribution in [0.3, 0.4) is 0 Å². The Labute approximate surface area is 107 Å². The SMILES string of the molecule is CCC(C)c1ncc(C(C)CC)c2scnc12. The zero-order valence-corrected chi connectivity index (χ0v) is 11.8. The monoisotopic (exact) mass is 248 g/mol. The van der Waals surface area contributed by atoms with Gasteiger partial charge in [-0.3, -0.25) is 4.98 Å². The predicted molar refractivity (Wildman–Crippen MR) is 74.8 cm³/mol. The third kappa shape index (κ3) is 2.21. The quantitative estimate of drug-likeness (QED) is 0.782. The van der Waals surface area contributed by atoms with Gasteiger partial charge in [0.05, 0.1) is 15.9 Å². The summed E-state index contributed by atoms with van der Waals surface area (Å²) in [7, 11) is 0. The van der Waals surface area contributed by atoms with Crippen molar-refractivity contribution in [3.8, 4) is 0 Å². The van der Waals surface area contributed by atoms with Gasteiger partial charge in [0, 0.05) is 12.1 Å². The molecule has 2 unspecified atom stereocenters. The summed E-state index contributed by atoms with van der Waals surface area (Å²) in [6.07, 6.45) is 4.33. The fourth-order valence-electron chi connectivity index (χ4n) is 2.02. The molecule has 2 aromatic heterocycles. The van der Waals surface area contributed by atoms with Crippen molar-refractivity contribution in [2.75, 3.05) is 0 Å². The smallest absolute Gasteiger partial charge is 0.103 e. The number of fused-ring (bicyclic) bond motifs is 1. The molecular weight excluding hydrogens is 228 g/mol. The van der Waals surface area contributed by atoms with Crippen LogP contribution in [0.4, 0.5) is 0 Å². The highest BCUT2D eigenvalue weighted by Crippen LogP contribution is 2.33. The topological polar surface area (TPSA) is 25.8 Å². The second kappa shape index (κ2) is 5.13. The molecular formula is C14H20N2S. The van der Waals surface area contributed by atoms with Crippen LogP contribution in [0, 0.1) is 0 Å². The normalized spacial score (nSPS) is 15.1. The molecule has 0 aliphatic carbocycles. The molecule has 0 spiro atoms. The van der Waals surface area contributed by atoms with Crippen LogP contribution in [0.25, 0.3) is 10.2 Å². The zero-order valence-electron chi connectivity index (χ0n) is 11.0. The molecule has 0 fully saturated rings. The molecule has 0 aromatic carbocycles. The Bertz CT molecular complexity index is 460. The molecule has 0 aliphatic rings. The lowest BCUT2D eigenvalue weighted by atomic mass is 9.97. The minimum absolute atomic E-state index is 0.491. The fraction of sp³-hybridized carbons (Fsp3) is 0.571. The second-order valence-corrected chi connectivity index (χ2v) is 5.60. The number of nitrogens with zero attached hydrogens (tertiary/aromatic N) is 2. The van der Waals surface area contributed by atoms with E-state index in [0.717, 1.165) is 24.1 Å². The van der Waals surface area contributed by atoms with Crippen molar-refractivity contribution in [1.82, 2.24) is 9.97 Å². The molecule has 17 heavy (non-hydrogen) atoms. The van der Waals surface area contributed by atoms with E-state index in [2.05, 4.69) is 43.9 Å². The van der Waals surface area contributed by atoms with Crippen molar-refractivity contribution < 1.29 is 0 Å². The first-order valence-corrected chi connectivity index (χ1v) is 7.28. The van der Waals surface area contributed by atoms with E-state index in [1.807, 2.05) is 5.51 Å². The second-order valence-electron chi connectivity index (χ2n) is 4.75. The Kier molecular flexibility index (Phi) is 3.77. The van der Waals surface area contributed by atoms with E-state index in [0.29, 0.717) is 11.8 Å². The number of pyridine rings is 1. The third-order valence-electron chi connectivity index (χ3n) is 3.64. The molecule has 0 aliphatic heterocycles. The van der Waals surface area contributed by atoms with Crippen molar-refractivity contribution in [3.63, 3.8) is 0 Å². The van der Waals surface area contributed by atoms with Crippen molar-refractivity contribution in [1.29, 1.82) is 0 Å². The van der Waals surface area contributed by atoms with E-state index < -0.39 is 0 Å². The summed E-state index contributed by atoms with van der Waals surface area (Å²) < 4.78 is 1.34. The van der Waals surface area contributed by atoms with Crippen LogP contribution in [-0.2, 0) is 0 Å². The van der Waals surface area contributed by atoms with Gasteiger partial charge < -0.3 is 0 Å². The van der Waals surface area contributed by atoms with Crippen LogP contribution in [0.2, 0.25) is 0 Å². The van der Waals surface area contributed by atoms with Crippen LogP contribution in [0.15, 0.2) is 11.7 Å². The summed E-state index contributed by atoms with van der Waals surface area (Å²) in [6.45, 7) is 8.91. The first kappa shape index (κ1) is 12.5. The van der Waals surface area contributed by atoms with Gasteiger partial charge in [0.25, 0.3) is 0 Å². The van der Waals surface area contributed by atoms with Crippen molar-refractivity contribution in [3.05, 3.63) is 23.0 Å². The highest BCUT2D eigenvalue weighted by atomic mass is 32.1. The van der Waals surface area contributed by atoms with Gasteiger partial charge in [-0.05, 0) is 24.3 Å². The Balaban J connectivity index is 2.58. The highest BCUT2D eigenvalue weighted by Gasteiger charge is 2.16. The lowest BCUT2D eigenvalue weighted by Crippen LogP contribution is -2.00. The van der Waals surface area contributed by atoms with Gasteiger partial charge in [0.2, 0.25) is 0 Å². The van der Waals surface area contributed by atoms with E-state index in [9.17, 15) is 0 Å². The summed E-state index contributed by atoms with van der Waals surface area (Å²) >= 11 is 1.75. The van der Waals surface area contributed by atoms with Crippen molar-refractivity contribution >= 4 is 21.6 Å². The number of rotatable bonds is 4. The minimum atomic E-state index is 0.491. The molecule has 0 radical (unpaired) electrons. The summed E-state index contributed by atoms with van der Waals surface area (Å²) in [6, 6.07) is 0. The molecule has 92 valence electrons. The standard InChI is InChI=1S/C14H20N2S/c1-5-9(3)11-7-15-12(10(4)6-2)13-14(11)17-8-16-13/h7-10H,5-6H2,1-4H3. The lowest BCUT2D eigenvalue weighted by molar-refractivity contribution is 0.704.